The summed E-state index contributed by atoms with van der Waals surface area (Å²) in [6.07, 6.45) is 0.196. The number of nitrogens with zero attached hydrogens (tertiary/aromatic N) is 1. The van der Waals surface area contributed by atoms with E-state index in [1.54, 1.807) is 36.3 Å². The van der Waals surface area contributed by atoms with Crippen molar-refractivity contribution in [3.8, 4) is 5.75 Å². The lowest BCUT2D eigenvalue weighted by Gasteiger charge is -2.16. The van der Waals surface area contributed by atoms with Crippen molar-refractivity contribution in [2.45, 2.75) is 6.42 Å². The number of carbonyl (C=O) groups excluding carboxylic acids is 2. The van der Waals surface area contributed by atoms with Crippen LogP contribution in [0.1, 0.15) is 6.42 Å². The van der Waals surface area contributed by atoms with E-state index in [1.807, 2.05) is 0 Å². The van der Waals surface area contributed by atoms with Crippen molar-refractivity contribution in [1.82, 2.24) is 5.48 Å². The van der Waals surface area contributed by atoms with Gasteiger partial charge in [-0.15, -0.1) is 0 Å². The summed E-state index contributed by atoms with van der Waals surface area (Å²) in [5.74, 6) is 0.00639. The molecule has 0 aromatic heterocycles. The Morgan fingerprint density at radius 3 is 2.58 bits per heavy atom. The predicted molar refractivity (Wildman–Crippen MR) is 68.6 cm³/mol. The Bertz CT molecular complexity index is 472. The molecule has 102 valence electrons. The summed E-state index contributed by atoms with van der Waals surface area (Å²) in [6.45, 7) is 0.361. The zero-order valence-corrected chi connectivity index (χ0v) is 10.9. The number of rotatable bonds is 4. The van der Waals surface area contributed by atoms with Crippen LogP contribution in [0.25, 0.3) is 0 Å². The molecule has 1 N–H and O–H groups in total. The molecule has 19 heavy (non-hydrogen) atoms. The molecule has 1 fully saturated rings. The maximum absolute atomic E-state index is 11.9. The normalized spacial score (nSPS) is 18.5. The molecule has 0 saturated carbocycles. The van der Waals surface area contributed by atoms with Gasteiger partial charge in [0.1, 0.15) is 5.75 Å². The molecule has 6 heteroatoms. The van der Waals surface area contributed by atoms with Crippen LogP contribution in [0.4, 0.5) is 5.69 Å². The SMILES string of the molecule is CONC(=O)C1CC(=O)N(c2ccc(OC)cc2)C1. The fraction of sp³-hybridized carbons (Fsp3) is 0.385. The van der Waals surface area contributed by atoms with Crippen LogP contribution in [0.15, 0.2) is 24.3 Å². The summed E-state index contributed by atoms with van der Waals surface area (Å²) in [6, 6.07) is 7.16. The molecule has 1 unspecified atom stereocenters. The molecule has 1 aromatic carbocycles. The monoisotopic (exact) mass is 264 g/mol. The number of ether oxygens (including phenoxy) is 1. The number of amides is 2. The highest BCUT2D eigenvalue weighted by Gasteiger charge is 2.35. The Morgan fingerprint density at radius 1 is 1.32 bits per heavy atom. The molecule has 0 aliphatic carbocycles. The van der Waals surface area contributed by atoms with E-state index in [1.165, 1.54) is 7.11 Å². The summed E-state index contributed by atoms with van der Waals surface area (Å²) in [5, 5.41) is 0. The van der Waals surface area contributed by atoms with Crippen molar-refractivity contribution < 1.29 is 19.2 Å². The van der Waals surface area contributed by atoms with Gasteiger partial charge < -0.3 is 9.64 Å². The van der Waals surface area contributed by atoms with Crippen molar-refractivity contribution in [2.24, 2.45) is 5.92 Å². The number of hydrogen-bond acceptors (Lipinski definition) is 4. The van der Waals surface area contributed by atoms with Gasteiger partial charge in [-0.1, -0.05) is 0 Å². The summed E-state index contributed by atoms with van der Waals surface area (Å²) in [7, 11) is 2.96. The third-order valence-electron chi connectivity index (χ3n) is 3.08. The highest BCUT2D eigenvalue weighted by atomic mass is 16.6. The second-order valence-electron chi connectivity index (χ2n) is 4.27. The van der Waals surface area contributed by atoms with Crippen molar-refractivity contribution >= 4 is 17.5 Å². The lowest BCUT2D eigenvalue weighted by molar-refractivity contribution is -0.135. The minimum absolute atomic E-state index is 0.0681. The average Bonchev–Trinajstić information content (AvgIpc) is 2.81. The van der Waals surface area contributed by atoms with Gasteiger partial charge >= 0.3 is 0 Å². The summed E-state index contributed by atoms with van der Waals surface area (Å²) >= 11 is 0. The standard InChI is InChI=1S/C13H16N2O4/c1-18-11-5-3-10(4-6-11)15-8-9(7-12(15)16)13(17)14-19-2/h3-6,9H,7-8H2,1-2H3,(H,14,17). The van der Waals surface area contributed by atoms with Gasteiger partial charge in [-0.25, -0.2) is 5.48 Å². The quantitative estimate of drug-likeness (QED) is 0.814. The molecule has 2 amide bonds. The first kappa shape index (κ1) is 13.4. The van der Waals surface area contributed by atoms with Crippen LogP contribution in [0, 0.1) is 5.92 Å². The van der Waals surface area contributed by atoms with Gasteiger partial charge in [-0.2, -0.15) is 0 Å². The van der Waals surface area contributed by atoms with Gasteiger partial charge in [0.25, 0.3) is 0 Å². The first-order chi connectivity index (χ1) is 9.15. The number of hydrogen-bond donors (Lipinski definition) is 1. The largest absolute Gasteiger partial charge is 0.497 e. The molecule has 1 saturated heterocycles. The highest BCUT2D eigenvalue weighted by Crippen LogP contribution is 2.26. The first-order valence-electron chi connectivity index (χ1n) is 5.93. The molecular weight excluding hydrogens is 248 g/mol. The Hall–Kier alpha value is -2.08. The summed E-state index contributed by atoms with van der Waals surface area (Å²) in [4.78, 5) is 29.7. The van der Waals surface area contributed by atoms with Crippen molar-refractivity contribution in [3.05, 3.63) is 24.3 Å². The minimum atomic E-state index is -0.380. The topological polar surface area (TPSA) is 67.9 Å². The Kier molecular flexibility index (Phi) is 4.01. The maximum atomic E-state index is 11.9. The van der Waals surface area contributed by atoms with E-state index in [4.69, 9.17) is 4.74 Å². The van der Waals surface area contributed by atoms with E-state index in [0.29, 0.717) is 6.54 Å². The first-order valence-corrected chi connectivity index (χ1v) is 5.93. The fourth-order valence-electron chi connectivity index (χ4n) is 2.08. The molecule has 2 rings (SSSR count). The summed E-state index contributed by atoms with van der Waals surface area (Å²) in [5.41, 5.74) is 3.02. The molecule has 1 aliphatic heterocycles. The molecule has 1 atom stereocenters. The number of nitrogens with one attached hydrogen (secondary N) is 1. The van der Waals surface area contributed by atoms with Gasteiger partial charge in [-0.05, 0) is 24.3 Å². The number of benzene rings is 1. The molecular formula is C13H16N2O4. The lowest BCUT2D eigenvalue weighted by atomic mass is 10.1. The maximum Gasteiger partial charge on any atom is 0.248 e. The van der Waals surface area contributed by atoms with Gasteiger partial charge in [0.2, 0.25) is 11.8 Å². The van der Waals surface area contributed by atoms with Crippen LogP contribution in [0.5, 0.6) is 5.75 Å². The van der Waals surface area contributed by atoms with Crippen LogP contribution in [-0.2, 0) is 14.4 Å². The zero-order valence-electron chi connectivity index (χ0n) is 10.9. The summed E-state index contributed by atoms with van der Waals surface area (Å²) < 4.78 is 5.07. The highest BCUT2D eigenvalue weighted by molar-refractivity contribution is 6.00. The van der Waals surface area contributed by atoms with Crippen LogP contribution in [0.2, 0.25) is 0 Å². The predicted octanol–water partition coefficient (Wildman–Crippen LogP) is 0.726. The zero-order chi connectivity index (χ0) is 13.8. The van der Waals surface area contributed by atoms with Gasteiger partial charge in [0.05, 0.1) is 20.1 Å². The van der Waals surface area contributed by atoms with E-state index in [0.717, 1.165) is 11.4 Å². The van der Waals surface area contributed by atoms with Crippen molar-refractivity contribution in [1.29, 1.82) is 0 Å². The molecule has 1 aliphatic rings. The van der Waals surface area contributed by atoms with Crippen molar-refractivity contribution in [3.63, 3.8) is 0 Å². The third kappa shape index (κ3) is 2.85. The second kappa shape index (κ2) is 5.71. The Labute approximate surface area is 111 Å². The van der Waals surface area contributed by atoms with Gasteiger partial charge in [0, 0.05) is 18.7 Å². The lowest BCUT2D eigenvalue weighted by Crippen LogP contribution is -2.32. The average molecular weight is 264 g/mol. The van der Waals surface area contributed by atoms with E-state index < -0.39 is 0 Å². The van der Waals surface area contributed by atoms with Crippen LogP contribution in [0.3, 0.4) is 0 Å². The molecule has 0 radical (unpaired) electrons. The van der Waals surface area contributed by atoms with E-state index in [-0.39, 0.29) is 24.2 Å². The molecule has 6 nitrogen and oxygen atoms in total. The Morgan fingerprint density at radius 2 is 2.00 bits per heavy atom. The molecule has 0 spiro atoms. The Balaban J connectivity index is 2.08. The van der Waals surface area contributed by atoms with Crippen LogP contribution in [-0.4, -0.2) is 32.6 Å². The smallest absolute Gasteiger partial charge is 0.248 e. The van der Waals surface area contributed by atoms with E-state index >= 15 is 0 Å². The second-order valence-corrected chi connectivity index (χ2v) is 4.27. The molecule has 1 aromatic rings. The number of hydroxylamine groups is 1. The van der Waals surface area contributed by atoms with Gasteiger partial charge in [-0.3, -0.25) is 14.4 Å². The number of anilines is 1. The van der Waals surface area contributed by atoms with Crippen LogP contribution >= 0.6 is 0 Å². The van der Waals surface area contributed by atoms with Crippen molar-refractivity contribution in [2.75, 3.05) is 25.7 Å². The number of carbonyl (C=O) groups is 2. The molecule has 0 bridgehead atoms. The third-order valence-corrected chi connectivity index (χ3v) is 3.08. The van der Waals surface area contributed by atoms with Gasteiger partial charge in [0.15, 0.2) is 0 Å². The minimum Gasteiger partial charge on any atom is -0.497 e. The van der Waals surface area contributed by atoms with E-state index in [9.17, 15) is 9.59 Å². The molecule has 1 heterocycles. The number of methoxy groups -OCH3 is 1. The van der Waals surface area contributed by atoms with Crippen LogP contribution < -0.4 is 15.1 Å². The van der Waals surface area contributed by atoms with E-state index in [2.05, 4.69) is 10.3 Å². The fourth-order valence-corrected chi connectivity index (χ4v) is 2.08.